The van der Waals surface area contributed by atoms with Crippen molar-refractivity contribution in [3.63, 3.8) is 0 Å². The van der Waals surface area contributed by atoms with Crippen molar-refractivity contribution in [1.29, 1.82) is 0 Å². The number of pyridine rings is 1. The molecule has 0 radical (unpaired) electrons. The third-order valence-electron chi connectivity index (χ3n) is 2.51. The van der Waals surface area contributed by atoms with E-state index in [1.165, 1.54) is 18.3 Å². The molecule has 0 saturated carbocycles. The maximum absolute atomic E-state index is 13.4. The summed E-state index contributed by atoms with van der Waals surface area (Å²) in [6.07, 6.45) is 3.84. The lowest BCUT2D eigenvalue weighted by Crippen LogP contribution is -1.98. The SMILES string of the molecule is O=C(O)C=Cc1ccc(OCc2ccccc2F)cn1. The van der Waals surface area contributed by atoms with E-state index in [1.54, 1.807) is 30.3 Å². The highest BCUT2D eigenvalue weighted by molar-refractivity contribution is 5.84. The van der Waals surface area contributed by atoms with E-state index in [-0.39, 0.29) is 12.4 Å². The minimum Gasteiger partial charge on any atom is -0.487 e. The molecule has 0 amide bonds. The molecule has 0 bridgehead atoms. The van der Waals surface area contributed by atoms with Gasteiger partial charge in [0.15, 0.2) is 0 Å². The Balaban J connectivity index is 1.97. The number of carboxylic acids is 1. The van der Waals surface area contributed by atoms with Gasteiger partial charge in [0.25, 0.3) is 0 Å². The number of halogens is 1. The van der Waals surface area contributed by atoms with Crippen LogP contribution in [-0.2, 0) is 11.4 Å². The molecule has 1 N–H and O–H groups in total. The molecule has 2 aromatic rings. The molecule has 0 unspecified atom stereocenters. The van der Waals surface area contributed by atoms with Crippen LogP contribution in [0.4, 0.5) is 4.39 Å². The molecule has 1 heterocycles. The number of benzene rings is 1. The van der Waals surface area contributed by atoms with Crippen LogP contribution in [0.5, 0.6) is 5.75 Å². The Hall–Kier alpha value is -2.69. The van der Waals surface area contributed by atoms with Crippen molar-refractivity contribution in [2.45, 2.75) is 6.61 Å². The molecule has 1 aromatic heterocycles. The number of hydrogen-bond acceptors (Lipinski definition) is 3. The Morgan fingerprint density at radius 1 is 1.30 bits per heavy atom. The molecule has 0 aliphatic heterocycles. The Morgan fingerprint density at radius 3 is 2.75 bits per heavy atom. The van der Waals surface area contributed by atoms with Crippen LogP contribution in [0.3, 0.4) is 0 Å². The van der Waals surface area contributed by atoms with E-state index in [1.807, 2.05) is 0 Å². The molecule has 0 aliphatic carbocycles. The van der Waals surface area contributed by atoms with E-state index in [4.69, 9.17) is 9.84 Å². The molecule has 0 spiro atoms. The number of nitrogens with zero attached hydrogens (tertiary/aromatic N) is 1. The van der Waals surface area contributed by atoms with Crippen molar-refractivity contribution in [2.24, 2.45) is 0 Å². The van der Waals surface area contributed by atoms with Gasteiger partial charge in [0.05, 0.1) is 11.9 Å². The number of aromatic nitrogens is 1. The summed E-state index contributed by atoms with van der Waals surface area (Å²) < 4.78 is 18.8. The minimum atomic E-state index is -1.04. The standard InChI is InChI=1S/C15H12FNO3/c16-14-4-2-1-3-11(14)10-20-13-7-5-12(17-9-13)6-8-15(18)19/h1-9H,10H2,(H,18,19). The molecule has 2 rings (SSSR count). The summed E-state index contributed by atoms with van der Waals surface area (Å²) >= 11 is 0. The molecular weight excluding hydrogens is 261 g/mol. The Kier molecular flexibility index (Phi) is 4.44. The van der Waals surface area contributed by atoms with Crippen molar-refractivity contribution < 1.29 is 19.0 Å². The van der Waals surface area contributed by atoms with Gasteiger partial charge in [-0.1, -0.05) is 18.2 Å². The Morgan fingerprint density at radius 2 is 2.10 bits per heavy atom. The molecule has 20 heavy (non-hydrogen) atoms. The second-order valence-electron chi connectivity index (χ2n) is 3.97. The van der Waals surface area contributed by atoms with E-state index >= 15 is 0 Å². The van der Waals surface area contributed by atoms with Gasteiger partial charge in [0, 0.05) is 11.6 Å². The fraction of sp³-hybridized carbons (Fsp3) is 0.0667. The predicted molar refractivity (Wildman–Crippen MR) is 71.6 cm³/mol. The van der Waals surface area contributed by atoms with Gasteiger partial charge in [-0.15, -0.1) is 0 Å². The number of ether oxygens (including phenoxy) is 1. The van der Waals surface area contributed by atoms with Crippen molar-refractivity contribution in [3.8, 4) is 5.75 Å². The summed E-state index contributed by atoms with van der Waals surface area (Å²) in [4.78, 5) is 14.4. The van der Waals surface area contributed by atoms with Crippen LogP contribution in [0, 0.1) is 5.82 Å². The third-order valence-corrected chi connectivity index (χ3v) is 2.51. The zero-order valence-corrected chi connectivity index (χ0v) is 10.5. The van der Waals surface area contributed by atoms with Gasteiger partial charge >= 0.3 is 5.97 Å². The quantitative estimate of drug-likeness (QED) is 0.851. The highest BCUT2D eigenvalue weighted by Crippen LogP contribution is 2.14. The lowest BCUT2D eigenvalue weighted by molar-refractivity contribution is -0.131. The second-order valence-corrected chi connectivity index (χ2v) is 3.97. The van der Waals surface area contributed by atoms with E-state index < -0.39 is 5.97 Å². The zero-order valence-electron chi connectivity index (χ0n) is 10.5. The first-order valence-electron chi connectivity index (χ1n) is 5.88. The number of carbonyl (C=O) groups is 1. The molecule has 0 atom stereocenters. The van der Waals surface area contributed by atoms with Crippen molar-refractivity contribution >= 4 is 12.0 Å². The monoisotopic (exact) mass is 273 g/mol. The lowest BCUT2D eigenvalue weighted by atomic mass is 10.2. The molecule has 0 saturated heterocycles. The highest BCUT2D eigenvalue weighted by Gasteiger charge is 2.02. The maximum atomic E-state index is 13.4. The maximum Gasteiger partial charge on any atom is 0.328 e. The zero-order chi connectivity index (χ0) is 14.4. The number of carboxylic acid groups (broad SMARTS) is 1. The van der Waals surface area contributed by atoms with E-state index in [2.05, 4.69) is 4.98 Å². The number of aliphatic carboxylic acids is 1. The van der Waals surface area contributed by atoms with E-state index in [0.717, 1.165) is 6.08 Å². The Bertz CT molecular complexity index is 623. The van der Waals surface area contributed by atoms with Crippen LogP contribution < -0.4 is 4.74 Å². The smallest absolute Gasteiger partial charge is 0.328 e. The van der Waals surface area contributed by atoms with Gasteiger partial charge in [-0.25, -0.2) is 9.18 Å². The third kappa shape index (κ3) is 3.91. The number of rotatable bonds is 5. The molecule has 0 aliphatic rings. The van der Waals surface area contributed by atoms with Gasteiger partial charge < -0.3 is 9.84 Å². The van der Waals surface area contributed by atoms with Crippen LogP contribution in [0.1, 0.15) is 11.3 Å². The first kappa shape index (κ1) is 13.7. The van der Waals surface area contributed by atoms with Crippen molar-refractivity contribution in [2.75, 3.05) is 0 Å². The fourth-order valence-electron chi connectivity index (χ4n) is 1.51. The molecule has 0 fully saturated rings. The highest BCUT2D eigenvalue weighted by atomic mass is 19.1. The van der Waals surface area contributed by atoms with Gasteiger partial charge in [0.2, 0.25) is 0 Å². The van der Waals surface area contributed by atoms with Gasteiger partial charge in [-0.3, -0.25) is 4.98 Å². The van der Waals surface area contributed by atoms with Crippen LogP contribution in [0.15, 0.2) is 48.7 Å². The minimum absolute atomic E-state index is 0.110. The lowest BCUT2D eigenvalue weighted by Gasteiger charge is -2.06. The summed E-state index contributed by atoms with van der Waals surface area (Å²) in [7, 11) is 0. The first-order chi connectivity index (χ1) is 9.65. The van der Waals surface area contributed by atoms with Gasteiger partial charge in [-0.2, -0.15) is 0 Å². The van der Waals surface area contributed by atoms with Crippen LogP contribution in [-0.4, -0.2) is 16.1 Å². The van der Waals surface area contributed by atoms with Crippen molar-refractivity contribution in [1.82, 2.24) is 4.98 Å². The summed E-state index contributed by atoms with van der Waals surface area (Å²) in [5.74, 6) is -0.867. The predicted octanol–water partition coefficient (Wildman–Crippen LogP) is 2.90. The molecule has 1 aromatic carbocycles. The first-order valence-corrected chi connectivity index (χ1v) is 5.88. The fourth-order valence-corrected chi connectivity index (χ4v) is 1.51. The number of hydrogen-bond donors (Lipinski definition) is 1. The van der Waals surface area contributed by atoms with Gasteiger partial charge in [-0.05, 0) is 24.3 Å². The van der Waals surface area contributed by atoms with Crippen LogP contribution >= 0.6 is 0 Å². The summed E-state index contributed by atoms with van der Waals surface area (Å²) in [5.41, 5.74) is 0.966. The van der Waals surface area contributed by atoms with Crippen LogP contribution in [0.25, 0.3) is 6.08 Å². The second kappa shape index (κ2) is 6.47. The normalized spacial score (nSPS) is 10.7. The van der Waals surface area contributed by atoms with Gasteiger partial charge in [0.1, 0.15) is 18.2 Å². The summed E-state index contributed by atoms with van der Waals surface area (Å²) in [5, 5.41) is 8.49. The average Bonchev–Trinajstić information content (AvgIpc) is 2.45. The molecule has 102 valence electrons. The average molecular weight is 273 g/mol. The van der Waals surface area contributed by atoms with Crippen LogP contribution in [0.2, 0.25) is 0 Å². The topological polar surface area (TPSA) is 59.4 Å². The van der Waals surface area contributed by atoms with E-state index in [9.17, 15) is 9.18 Å². The van der Waals surface area contributed by atoms with Crippen molar-refractivity contribution in [3.05, 3.63) is 65.7 Å². The molecule has 4 nitrogen and oxygen atoms in total. The molecule has 5 heteroatoms. The largest absolute Gasteiger partial charge is 0.487 e. The summed E-state index contributed by atoms with van der Waals surface area (Å²) in [6.45, 7) is 0.110. The summed E-state index contributed by atoms with van der Waals surface area (Å²) in [6, 6.07) is 9.64. The Labute approximate surface area is 115 Å². The van der Waals surface area contributed by atoms with E-state index in [0.29, 0.717) is 17.0 Å². The molecular formula is C15H12FNO3.